The number of hydrogen-bond donors (Lipinski definition) is 1. The summed E-state index contributed by atoms with van der Waals surface area (Å²) in [7, 11) is 1.34. The Balaban J connectivity index is 2.20. The molecule has 0 saturated carbocycles. The van der Waals surface area contributed by atoms with Crippen molar-refractivity contribution < 1.29 is 9.53 Å². The minimum atomic E-state index is -0.382. The number of hydrogen-bond acceptors (Lipinski definition) is 4. The molecule has 1 aromatic heterocycles. The SMILES string of the molecule is COC(=O)c1ccc2c(C=CCCN=[N+]=[N-])n[nH]c2c1. The van der Waals surface area contributed by atoms with E-state index in [1.54, 1.807) is 12.1 Å². The average molecular weight is 271 g/mol. The Kier molecular flexibility index (Phi) is 4.36. The van der Waals surface area contributed by atoms with Crippen molar-refractivity contribution in [2.45, 2.75) is 6.42 Å². The van der Waals surface area contributed by atoms with Gasteiger partial charge < -0.3 is 4.74 Å². The van der Waals surface area contributed by atoms with E-state index in [9.17, 15) is 4.79 Å². The number of nitrogens with zero attached hydrogens (tertiary/aromatic N) is 4. The fourth-order valence-electron chi connectivity index (χ4n) is 1.78. The predicted octanol–water partition coefficient (Wildman–Crippen LogP) is 3.06. The van der Waals surface area contributed by atoms with E-state index in [-0.39, 0.29) is 5.97 Å². The normalized spacial score (nSPS) is 10.7. The molecule has 0 atom stereocenters. The van der Waals surface area contributed by atoms with E-state index < -0.39 is 0 Å². The van der Waals surface area contributed by atoms with Crippen LogP contribution in [0.1, 0.15) is 22.5 Å². The smallest absolute Gasteiger partial charge is 0.337 e. The van der Waals surface area contributed by atoms with Crippen molar-refractivity contribution in [3.05, 3.63) is 46.0 Å². The molecule has 1 aromatic carbocycles. The van der Waals surface area contributed by atoms with E-state index in [0.717, 1.165) is 16.6 Å². The Morgan fingerprint density at radius 2 is 2.45 bits per heavy atom. The van der Waals surface area contributed by atoms with Crippen LogP contribution < -0.4 is 0 Å². The average Bonchev–Trinajstić information content (AvgIpc) is 2.88. The third-order valence-corrected chi connectivity index (χ3v) is 2.75. The number of aromatic nitrogens is 2. The van der Waals surface area contributed by atoms with Crippen LogP contribution in [0.4, 0.5) is 0 Å². The van der Waals surface area contributed by atoms with Gasteiger partial charge in [0, 0.05) is 16.8 Å². The van der Waals surface area contributed by atoms with Crippen LogP contribution in [0, 0.1) is 0 Å². The molecule has 2 aromatic rings. The first-order valence-corrected chi connectivity index (χ1v) is 6.00. The van der Waals surface area contributed by atoms with Gasteiger partial charge in [0.05, 0.1) is 23.9 Å². The van der Waals surface area contributed by atoms with Crippen molar-refractivity contribution in [3.63, 3.8) is 0 Å². The summed E-state index contributed by atoms with van der Waals surface area (Å²) >= 11 is 0. The van der Waals surface area contributed by atoms with Crippen LogP contribution >= 0.6 is 0 Å². The number of ether oxygens (including phenoxy) is 1. The van der Waals surface area contributed by atoms with Gasteiger partial charge in [-0.2, -0.15) is 5.10 Å². The quantitative estimate of drug-likeness (QED) is 0.297. The fourth-order valence-corrected chi connectivity index (χ4v) is 1.78. The molecule has 0 aliphatic rings. The number of methoxy groups -OCH3 is 1. The van der Waals surface area contributed by atoms with Gasteiger partial charge in [-0.3, -0.25) is 5.10 Å². The van der Waals surface area contributed by atoms with Crippen molar-refractivity contribution in [1.29, 1.82) is 0 Å². The number of fused-ring (bicyclic) bond motifs is 1. The number of H-pyrrole nitrogens is 1. The molecule has 0 aliphatic carbocycles. The Bertz CT molecular complexity index is 698. The monoisotopic (exact) mass is 271 g/mol. The number of rotatable bonds is 5. The maximum absolute atomic E-state index is 11.4. The highest BCUT2D eigenvalue weighted by Crippen LogP contribution is 2.19. The zero-order chi connectivity index (χ0) is 14.4. The zero-order valence-corrected chi connectivity index (χ0v) is 10.9. The summed E-state index contributed by atoms with van der Waals surface area (Å²) in [6, 6.07) is 5.21. The van der Waals surface area contributed by atoms with Crippen LogP contribution in [0.5, 0.6) is 0 Å². The second kappa shape index (κ2) is 6.40. The minimum Gasteiger partial charge on any atom is -0.465 e. The van der Waals surface area contributed by atoms with E-state index >= 15 is 0 Å². The van der Waals surface area contributed by atoms with Gasteiger partial charge in [-0.25, -0.2) is 4.79 Å². The third kappa shape index (κ3) is 2.96. The standard InChI is InChI=1S/C13H13N5O2/c1-20-13(19)9-5-6-10-11(16-17-12(10)8-9)4-2-3-7-15-18-14/h2,4-6,8H,3,7H2,1H3,(H,16,17). The third-order valence-electron chi connectivity index (χ3n) is 2.75. The van der Waals surface area contributed by atoms with E-state index in [4.69, 9.17) is 5.53 Å². The van der Waals surface area contributed by atoms with Crippen LogP contribution in [0.15, 0.2) is 29.4 Å². The van der Waals surface area contributed by atoms with Crippen molar-refractivity contribution in [1.82, 2.24) is 10.2 Å². The van der Waals surface area contributed by atoms with Gasteiger partial charge in [0.1, 0.15) is 0 Å². The summed E-state index contributed by atoms with van der Waals surface area (Å²) in [5, 5.41) is 11.4. The predicted molar refractivity (Wildman–Crippen MR) is 75.1 cm³/mol. The summed E-state index contributed by atoms with van der Waals surface area (Å²) in [6.45, 7) is 0.418. The largest absolute Gasteiger partial charge is 0.465 e. The molecule has 20 heavy (non-hydrogen) atoms. The maximum Gasteiger partial charge on any atom is 0.337 e. The van der Waals surface area contributed by atoms with E-state index in [1.165, 1.54) is 7.11 Å². The van der Waals surface area contributed by atoms with Crippen LogP contribution in [0.25, 0.3) is 27.4 Å². The molecule has 0 aliphatic heterocycles. The van der Waals surface area contributed by atoms with Crippen molar-refractivity contribution in [3.8, 4) is 0 Å². The maximum atomic E-state index is 11.4. The fraction of sp³-hybridized carbons (Fsp3) is 0.231. The Labute approximate surface area is 114 Å². The zero-order valence-electron chi connectivity index (χ0n) is 10.9. The van der Waals surface area contributed by atoms with Crippen LogP contribution in [-0.2, 0) is 4.74 Å². The number of carbonyl (C=O) groups is 1. The van der Waals surface area contributed by atoms with Gasteiger partial charge in [0.2, 0.25) is 0 Å². The van der Waals surface area contributed by atoms with Crippen LogP contribution in [0.3, 0.4) is 0 Å². The Morgan fingerprint density at radius 3 is 3.20 bits per heavy atom. The number of benzene rings is 1. The second-order valence-electron chi connectivity index (χ2n) is 4.01. The molecule has 0 bridgehead atoms. The van der Waals surface area contributed by atoms with E-state index in [1.807, 2.05) is 18.2 Å². The minimum absolute atomic E-state index is 0.382. The van der Waals surface area contributed by atoms with E-state index in [2.05, 4.69) is 25.0 Å². The molecule has 2 rings (SSSR count). The summed E-state index contributed by atoms with van der Waals surface area (Å²) in [5.74, 6) is -0.382. The summed E-state index contributed by atoms with van der Waals surface area (Å²) < 4.78 is 4.67. The highest BCUT2D eigenvalue weighted by molar-refractivity contribution is 5.96. The molecule has 0 amide bonds. The highest BCUT2D eigenvalue weighted by Gasteiger charge is 2.08. The Hall–Kier alpha value is -2.79. The molecule has 1 heterocycles. The van der Waals surface area contributed by atoms with Gasteiger partial charge >= 0.3 is 5.97 Å². The lowest BCUT2D eigenvalue weighted by Gasteiger charge is -1.98. The van der Waals surface area contributed by atoms with Gasteiger partial charge in [-0.1, -0.05) is 11.2 Å². The molecule has 102 valence electrons. The first-order valence-electron chi connectivity index (χ1n) is 6.00. The number of nitrogens with one attached hydrogen (secondary N) is 1. The molecule has 0 radical (unpaired) electrons. The lowest BCUT2D eigenvalue weighted by molar-refractivity contribution is 0.0601. The number of esters is 1. The first-order chi connectivity index (χ1) is 9.76. The van der Waals surface area contributed by atoms with Gasteiger partial charge in [-0.05, 0) is 36.2 Å². The van der Waals surface area contributed by atoms with Crippen molar-refractivity contribution in [2.75, 3.05) is 13.7 Å². The molecular formula is C13H13N5O2. The number of aromatic amines is 1. The number of carbonyl (C=O) groups excluding carboxylic acids is 1. The molecule has 0 spiro atoms. The highest BCUT2D eigenvalue weighted by atomic mass is 16.5. The summed E-state index contributed by atoms with van der Waals surface area (Å²) in [4.78, 5) is 14.1. The van der Waals surface area contributed by atoms with Crippen molar-refractivity contribution >= 4 is 22.9 Å². The summed E-state index contributed by atoms with van der Waals surface area (Å²) in [6.07, 6.45) is 4.39. The van der Waals surface area contributed by atoms with Crippen LogP contribution in [0.2, 0.25) is 0 Å². The molecule has 0 saturated heterocycles. The second-order valence-corrected chi connectivity index (χ2v) is 4.01. The summed E-state index contributed by atoms with van der Waals surface area (Å²) in [5.41, 5.74) is 10.2. The van der Waals surface area contributed by atoms with Gasteiger partial charge in [0.15, 0.2) is 0 Å². The van der Waals surface area contributed by atoms with E-state index in [0.29, 0.717) is 18.5 Å². The molecule has 1 N–H and O–H groups in total. The molecule has 7 nitrogen and oxygen atoms in total. The van der Waals surface area contributed by atoms with Gasteiger partial charge in [-0.15, -0.1) is 0 Å². The van der Waals surface area contributed by atoms with Crippen molar-refractivity contribution in [2.24, 2.45) is 5.11 Å². The molecule has 0 fully saturated rings. The molecule has 0 unspecified atom stereocenters. The van der Waals surface area contributed by atoms with Crippen LogP contribution in [-0.4, -0.2) is 29.8 Å². The Morgan fingerprint density at radius 1 is 1.60 bits per heavy atom. The topological polar surface area (TPSA) is 104 Å². The van der Waals surface area contributed by atoms with Gasteiger partial charge in [0.25, 0.3) is 0 Å². The lowest BCUT2D eigenvalue weighted by Crippen LogP contribution is -2.00. The first kappa shape index (κ1) is 13.6. The molecule has 7 heteroatoms. The molecular weight excluding hydrogens is 258 g/mol. The lowest BCUT2D eigenvalue weighted by atomic mass is 10.1. The number of azide groups is 1.